The Kier molecular flexibility index (Phi) is 6.39. The van der Waals surface area contributed by atoms with Gasteiger partial charge in [0.05, 0.1) is 4.92 Å². The van der Waals surface area contributed by atoms with Crippen molar-refractivity contribution >= 4 is 28.9 Å². The smallest absolute Gasteiger partial charge is 0.269 e. The fourth-order valence-electron chi connectivity index (χ4n) is 2.71. The highest BCUT2D eigenvalue weighted by Crippen LogP contribution is 2.19. The molecule has 0 heterocycles. The number of amides is 2. The molecule has 0 bridgehead atoms. The van der Waals surface area contributed by atoms with Gasteiger partial charge in [-0.05, 0) is 48.9 Å². The molecule has 8 heteroatoms. The van der Waals surface area contributed by atoms with Gasteiger partial charge in [-0.3, -0.25) is 19.7 Å². The zero-order chi connectivity index (χ0) is 21.5. The van der Waals surface area contributed by atoms with Crippen LogP contribution in [-0.4, -0.2) is 23.3 Å². The Labute approximate surface area is 172 Å². The molecule has 2 N–H and O–H groups in total. The monoisotopic (exact) mass is 405 g/mol. The summed E-state index contributed by atoms with van der Waals surface area (Å²) >= 11 is 0. The van der Waals surface area contributed by atoms with Crippen LogP contribution < -0.4 is 15.4 Å². The van der Waals surface area contributed by atoms with Gasteiger partial charge in [-0.25, -0.2) is 0 Å². The molecule has 30 heavy (non-hydrogen) atoms. The highest BCUT2D eigenvalue weighted by Gasteiger charge is 2.10. The van der Waals surface area contributed by atoms with Crippen LogP contribution in [0.3, 0.4) is 0 Å². The average molecular weight is 405 g/mol. The number of carbonyl (C=O) groups excluding carboxylic acids is 2. The van der Waals surface area contributed by atoms with E-state index in [9.17, 15) is 19.7 Å². The first-order valence-electron chi connectivity index (χ1n) is 9.06. The standard InChI is InChI=1S/C22H19N3O5/c1-15-5-2-3-8-20(15)22(27)24-17-7-4-6-16(13-17)23-21(26)14-30-19-11-9-18(10-12-19)25(28)29/h2-13H,14H2,1H3,(H,23,26)(H,24,27). The summed E-state index contributed by atoms with van der Waals surface area (Å²) in [6.07, 6.45) is 0. The third-order valence-electron chi connectivity index (χ3n) is 4.21. The summed E-state index contributed by atoms with van der Waals surface area (Å²) in [5.41, 5.74) is 2.41. The zero-order valence-electron chi connectivity index (χ0n) is 16.1. The molecule has 0 aliphatic carbocycles. The first-order chi connectivity index (χ1) is 14.4. The van der Waals surface area contributed by atoms with E-state index in [4.69, 9.17) is 4.74 Å². The summed E-state index contributed by atoms with van der Waals surface area (Å²) in [4.78, 5) is 34.7. The number of carbonyl (C=O) groups is 2. The molecule has 2 amide bonds. The molecule has 0 spiro atoms. The van der Waals surface area contributed by atoms with Crippen LogP contribution in [0, 0.1) is 17.0 Å². The minimum Gasteiger partial charge on any atom is -0.484 e. The van der Waals surface area contributed by atoms with Gasteiger partial charge < -0.3 is 15.4 Å². The maximum Gasteiger partial charge on any atom is 0.269 e. The lowest BCUT2D eigenvalue weighted by Crippen LogP contribution is -2.20. The molecular formula is C22H19N3O5. The largest absolute Gasteiger partial charge is 0.484 e. The predicted molar refractivity (Wildman–Crippen MR) is 113 cm³/mol. The van der Waals surface area contributed by atoms with Gasteiger partial charge >= 0.3 is 0 Å². The van der Waals surface area contributed by atoms with E-state index in [0.717, 1.165) is 5.56 Å². The fraction of sp³-hybridized carbons (Fsp3) is 0.0909. The normalized spacial score (nSPS) is 10.2. The van der Waals surface area contributed by atoms with Crippen molar-refractivity contribution in [2.24, 2.45) is 0 Å². The summed E-state index contributed by atoms with van der Waals surface area (Å²) in [6.45, 7) is 1.59. The van der Waals surface area contributed by atoms with Crippen LogP contribution in [0.25, 0.3) is 0 Å². The summed E-state index contributed by atoms with van der Waals surface area (Å²) < 4.78 is 5.34. The van der Waals surface area contributed by atoms with Crippen LogP contribution in [-0.2, 0) is 4.79 Å². The van der Waals surface area contributed by atoms with Gasteiger partial charge in [0.25, 0.3) is 17.5 Å². The van der Waals surface area contributed by atoms with Crippen LogP contribution in [0.1, 0.15) is 15.9 Å². The lowest BCUT2D eigenvalue weighted by atomic mass is 10.1. The fourth-order valence-corrected chi connectivity index (χ4v) is 2.71. The second-order valence-electron chi connectivity index (χ2n) is 6.44. The highest BCUT2D eigenvalue weighted by atomic mass is 16.6. The molecule has 0 saturated heterocycles. The predicted octanol–water partition coefficient (Wildman–Crippen LogP) is 4.17. The molecule has 3 aromatic carbocycles. The average Bonchev–Trinajstić information content (AvgIpc) is 2.73. The third-order valence-corrected chi connectivity index (χ3v) is 4.21. The quantitative estimate of drug-likeness (QED) is 0.453. The lowest BCUT2D eigenvalue weighted by Gasteiger charge is -2.10. The van der Waals surface area contributed by atoms with Gasteiger partial charge in [-0.2, -0.15) is 0 Å². The summed E-state index contributed by atoms with van der Waals surface area (Å²) in [5.74, 6) is -0.302. The molecule has 0 aliphatic heterocycles. The minimum atomic E-state index is -0.513. The van der Waals surface area contributed by atoms with Gasteiger partial charge in [0.1, 0.15) is 5.75 Å². The van der Waals surface area contributed by atoms with E-state index in [1.54, 1.807) is 36.4 Å². The first kappa shape index (κ1) is 20.5. The van der Waals surface area contributed by atoms with E-state index in [2.05, 4.69) is 10.6 Å². The van der Waals surface area contributed by atoms with Crippen LogP contribution in [0.4, 0.5) is 17.1 Å². The van der Waals surface area contributed by atoms with Crippen molar-refractivity contribution < 1.29 is 19.2 Å². The number of ether oxygens (including phenoxy) is 1. The summed E-state index contributed by atoms with van der Waals surface area (Å²) in [6, 6.07) is 19.5. The van der Waals surface area contributed by atoms with Crippen molar-refractivity contribution in [1.29, 1.82) is 0 Å². The number of benzene rings is 3. The molecule has 152 valence electrons. The number of nitro groups is 1. The van der Waals surface area contributed by atoms with Crippen molar-refractivity contribution in [2.75, 3.05) is 17.2 Å². The Hall–Kier alpha value is -4.20. The second kappa shape index (κ2) is 9.33. The van der Waals surface area contributed by atoms with Crippen LogP contribution >= 0.6 is 0 Å². The van der Waals surface area contributed by atoms with E-state index in [0.29, 0.717) is 22.7 Å². The molecule has 0 saturated carbocycles. The van der Waals surface area contributed by atoms with Gasteiger partial charge in [0.2, 0.25) is 0 Å². The Bertz CT molecular complexity index is 1080. The van der Waals surface area contributed by atoms with Crippen LogP contribution in [0.15, 0.2) is 72.8 Å². The van der Waals surface area contributed by atoms with Crippen LogP contribution in [0.2, 0.25) is 0 Å². The Morgan fingerprint density at radius 1 is 0.933 bits per heavy atom. The molecule has 8 nitrogen and oxygen atoms in total. The van der Waals surface area contributed by atoms with E-state index < -0.39 is 10.8 Å². The molecule has 0 atom stereocenters. The molecule has 3 aromatic rings. The molecule has 0 aliphatic rings. The summed E-state index contributed by atoms with van der Waals surface area (Å²) in [7, 11) is 0. The van der Waals surface area contributed by atoms with Gasteiger partial charge in [0, 0.05) is 29.1 Å². The van der Waals surface area contributed by atoms with Crippen molar-refractivity contribution in [3.8, 4) is 5.75 Å². The van der Waals surface area contributed by atoms with Crippen LogP contribution in [0.5, 0.6) is 5.75 Å². The first-order valence-corrected chi connectivity index (χ1v) is 9.06. The highest BCUT2D eigenvalue weighted by molar-refractivity contribution is 6.05. The van der Waals surface area contributed by atoms with Gasteiger partial charge in [-0.15, -0.1) is 0 Å². The number of rotatable bonds is 7. The van der Waals surface area contributed by atoms with Crippen molar-refractivity contribution in [2.45, 2.75) is 6.92 Å². The Morgan fingerprint density at radius 2 is 1.60 bits per heavy atom. The molecule has 0 fully saturated rings. The molecule has 0 aromatic heterocycles. The minimum absolute atomic E-state index is 0.0589. The molecule has 0 radical (unpaired) electrons. The van der Waals surface area contributed by atoms with E-state index in [1.165, 1.54) is 24.3 Å². The maximum absolute atomic E-state index is 12.4. The maximum atomic E-state index is 12.4. The zero-order valence-corrected chi connectivity index (χ0v) is 16.1. The van der Waals surface area contributed by atoms with E-state index >= 15 is 0 Å². The number of non-ortho nitro benzene ring substituents is 1. The molecular weight excluding hydrogens is 386 g/mol. The SMILES string of the molecule is Cc1ccccc1C(=O)Nc1cccc(NC(=O)COc2ccc([N+](=O)[O-])cc2)c1. The molecule has 3 rings (SSSR count). The number of hydrogen-bond donors (Lipinski definition) is 2. The number of hydrogen-bond acceptors (Lipinski definition) is 5. The lowest BCUT2D eigenvalue weighted by molar-refractivity contribution is -0.384. The Balaban J connectivity index is 1.56. The van der Waals surface area contributed by atoms with E-state index in [1.807, 2.05) is 19.1 Å². The second-order valence-corrected chi connectivity index (χ2v) is 6.44. The van der Waals surface area contributed by atoms with Gasteiger partial charge in [0.15, 0.2) is 6.61 Å². The van der Waals surface area contributed by atoms with Gasteiger partial charge in [-0.1, -0.05) is 24.3 Å². The van der Waals surface area contributed by atoms with Crippen molar-refractivity contribution in [3.05, 3.63) is 94.0 Å². The number of nitrogens with one attached hydrogen (secondary N) is 2. The topological polar surface area (TPSA) is 111 Å². The third kappa shape index (κ3) is 5.41. The Morgan fingerprint density at radius 3 is 2.27 bits per heavy atom. The number of aryl methyl sites for hydroxylation is 1. The molecule has 0 unspecified atom stereocenters. The van der Waals surface area contributed by atoms with Crippen molar-refractivity contribution in [3.63, 3.8) is 0 Å². The number of nitro benzene ring substituents is 1. The number of anilines is 2. The van der Waals surface area contributed by atoms with Crippen molar-refractivity contribution in [1.82, 2.24) is 0 Å². The number of nitrogens with zero attached hydrogens (tertiary/aromatic N) is 1. The van der Waals surface area contributed by atoms with E-state index in [-0.39, 0.29) is 18.2 Å². The summed E-state index contributed by atoms with van der Waals surface area (Å²) in [5, 5.41) is 16.1.